The predicted octanol–water partition coefficient (Wildman–Crippen LogP) is 1.79. The predicted molar refractivity (Wildman–Crippen MR) is 84.6 cm³/mol. The van der Waals surface area contributed by atoms with Gasteiger partial charge < -0.3 is 19.5 Å². The maximum absolute atomic E-state index is 12.5. The number of hydrogen-bond donors (Lipinski definition) is 1. The fourth-order valence-corrected chi connectivity index (χ4v) is 2.08. The van der Waals surface area contributed by atoms with Crippen LogP contribution >= 0.6 is 0 Å². The Bertz CT molecular complexity index is 645. The zero-order valence-corrected chi connectivity index (χ0v) is 13.9. The van der Waals surface area contributed by atoms with E-state index >= 15 is 0 Å². The van der Waals surface area contributed by atoms with Crippen LogP contribution in [0.15, 0.2) is 12.1 Å². The highest BCUT2D eigenvalue weighted by atomic mass is 16.6. The topological polar surface area (TPSA) is 119 Å². The molecule has 1 N–H and O–H groups in total. The van der Waals surface area contributed by atoms with Crippen molar-refractivity contribution in [3.8, 4) is 11.5 Å². The number of nitrogens with zero attached hydrogens (tertiary/aromatic N) is 2. The molecule has 1 aromatic rings. The molecule has 0 bridgehead atoms. The lowest BCUT2D eigenvalue weighted by molar-refractivity contribution is -0.385. The van der Waals surface area contributed by atoms with Crippen molar-refractivity contribution in [3.63, 3.8) is 0 Å². The van der Waals surface area contributed by atoms with Crippen LogP contribution in [0.1, 0.15) is 24.2 Å². The number of carbonyl (C=O) groups is 2. The number of aliphatic carboxylic acids is 1. The Labute approximate surface area is 138 Å². The second kappa shape index (κ2) is 8.14. The molecule has 1 aromatic carbocycles. The molecule has 0 heterocycles. The van der Waals surface area contributed by atoms with Gasteiger partial charge in [-0.1, -0.05) is 6.92 Å². The minimum absolute atomic E-state index is 0.0820. The van der Waals surface area contributed by atoms with Gasteiger partial charge in [0.1, 0.15) is 5.56 Å². The minimum Gasteiger partial charge on any atom is -0.493 e. The van der Waals surface area contributed by atoms with Crippen LogP contribution in [-0.2, 0) is 4.79 Å². The average Bonchev–Trinajstić information content (AvgIpc) is 2.53. The van der Waals surface area contributed by atoms with E-state index in [-0.39, 0.29) is 30.2 Å². The summed E-state index contributed by atoms with van der Waals surface area (Å²) in [6, 6.07) is 2.36. The van der Waals surface area contributed by atoms with Crippen LogP contribution in [0.2, 0.25) is 0 Å². The first kappa shape index (κ1) is 19.2. The molecule has 9 heteroatoms. The van der Waals surface area contributed by atoms with Crippen LogP contribution in [0.4, 0.5) is 5.69 Å². The maximum Gasteiger partial charge on any atom is 0.308 e. The maximum atomic E-state index is 12.5. The number of benzene rings is 1. The molecule has 132 valence electrons. The van der Waals surface area contributed by atoms with Gasteiger partial charge in [0.05, 0.1) is 30.6 Å². The van der Waals surface area contributed by atoms with Gasteiger partial charge in [-0.3, -0.25) is 19.7 Å². The second-order valence-electron chi connectivity index (χ2n) is 5.14. The molecule has 1 amide bonds. The van der Waals surface area contributed by atoms with Crippen LogP contribution in [0.3, 0.4) is 0 Å². The quantitative estimate of drug-likeness (QED) is 0.566. The van der Waals surface area contributed by atoms with Crippen LogP contribution in [0.5, 0.6) is 11.5 Å². The summed E-state index contributed by atoms with van der Waals surface area (Å²) in [5.74, 6) is -2.19. The lowest BCUT2D eigenvalue weighted by atomic mass is 10.1. The van der Waals surface area contributed by atoms with Gasteiger partial charge in [0.25, 0.3) is 11.6 Å². The number of nitro groups is 1. The van der Waals surface area contributed by atoms with Crippen LogP contribution in [0, 0.1) is 16.0 Å². The number of nitro benzene ring substituents is 1. The van der Waals surface area contributed by atoms with Crippen molar-refractivity contribution in [2.24, 2.45) is 5.92 Å². The molecule has 24 heavy (non-hydrogen) atoms. The highest BCUT2D eigenvalue weighted by Crippen LogP contribution is 2.35. The van der Waals surface area contributed by atoms with Crippen molar-refractivity contribution in [1.82, 2.24) is 4.90 Å². The van der Waals surface area contributed by atoms with Gasteiger partial charge in [0.15, 0.2) is 11.5 Å². The third kappa shape index (κ3) is 4.34. The number of rotatable bonds is 8. The Hall–Kier alpha value is -2.84. The monoisotopic (exact) mass is 340 g/mol. The van der Waals surface area contributed by atoms with Crippen LogP contribution < -0.4 is 9.47 Å². The molecule has 0 aliphatic heterocycles. The summed E-state index contributed by atoms with van der Waals surface area (Å²) in [7, 11) is 2.72. The third-order valence-corrected chi connectivity index (χ3v) is 3.32. The molecule has 0 spiro atoms. The zero-order chi connectivity index (χ0) is 18.4. The first-order valence-corrected chi connectivity index (χ1v) is 7.20. The molecule has 0 aromatic heterocycles. The van der Waals surface area contributed by atoms with Crippen molar-refractivity contribution in [3.05, 3.63) is 27.8 Å². The number of amides is 1. The first-order chi connectivity index (χ1) is 11.2. The van der Waals surface area contributed by atoms with Crippen LogP contribution in [0.25, 0.3) is 0 Å². The van der Waals surface area contributed by atoms with Gasteiger partial charge in [-0.05, 0) is 6.92 Å². The largest absolute Gasteiger partial charge is 0.493 e. The number of carboxylic acids is 1. The summed E-state index contributed by atoms with van der Waals surface area (Å²) in [4.78, 5) is 35.1. The van der Waals surface area contributed by atoms with Crippen molar-refractivity contribution in [2.45, 2.75) is 13.8 Å². The van der Waals surface area contributed by atoms with Crippen molar-refractivity contribution < 1.29 is 29.1 Å². The van der Waals surface area contributed by atoms with E-state index in [9.17, 15) is 19.7 Å². The van der Waals surface area contributed by atoms with Gasteiger partial charge in [0.2, 0.25) is 0 Å². The third-order valence-electron chi connectivity index (χ3n) is 3.32. The van der Waals surface area contributed by atoms with E-state index in [1.165, 1.54) is 27.1 Å². The number of carbonyl (C=O) groups excluding carboxylic acids is 1. The van der Waals surface area contributed by atoms with Gasteiger partial charge >= 0.3 is 5.97 Å². The Morgan fingerprint density at radius 1 is 1.38 bits per heavy atom. The van der Waals surface area contributed by atoms with Gasteiger partial charge in [-0.2, -0.15) is 0 Å². The Morgan fingerprint density at radius 2 is 2.00 bits per heavy atom. The van der Waals surface area contributed by atoms with E-state index < -0.39 is 28.4 Å². The van der Waals surface area contributed by atoms with Gasteiger partial charge in [-0.25, -0.2) is 0 Å². The van der Waals surface area contributed by atoms with Gasteiger partial charge in [0, 0.05) is 19.7 Å². The van der Waals surface area contributed by atoms with E-state index in [0.717, 1.165) is 11.0 Å². The second-order valence-corrected chi connectivity index (χ2v) is 5.14. The molecule has 0 saturated carbocycles. The smallest absolute Gasteiger partial charge is 0.308 e. The summed E-state index contributed by atoms with van der Waals surface area (Å²) in [5, 5.41) is 20.2. The SMILES string of the molecule is CCOc1cc(C(=O)N(C)CC(C)C(=O)O)c([N+](=O)[O-])cc1OC. The summed E-state index contributed by atoms with van der Waals surface area (Å²) in [6.07, 6.45) is 0. The van der Waals surface area contributed by atoms with Crippen molar-refractivity contribution >= 4 is 17.6 Å². The highest BCUT2D eigenvalue weighted by molar-refractivity contribution is 5.99. The number of carboxylic acid groups (broad SMARTS) is 1. The van der Waals surface area contributed by atoms with E-state index in [2.05, 4.69) is 0 Å². The number of methoxy groups -OCH3 is 1. The van der Waals surface area contributed by atoms with Crippen LogP contribution in [-0.4, -0.2) is 54.1 Å². The number of hydrogen-bond acceptors (Lipinski definition) is 6. The molecule has 9 nitrogen and oxygen atoms in total. The summed E-state index contributed by atoms with van der Waals surface area (Å²) in [5.41, 5.74) is -0.625. The highest BCUT2D eigenvalue weighted by Gasteiger charge is 2.28. The van der Waals surface area contributed by atoms with E-state index in [1.807, 2.05) is 0 Å². The molecule has 1 rings (SSSR count). The molecule has 0 radical (unpaired) electrons. The summed E-state index contributed by atoms with van der Waals surface area (Å²) < 4.78 is 10.4. The molecule has 0 aliphatic rings. The number of ether oxygens (including phenoxy) is 2. The lowest BCUT2D eigenvalue weighted by Crippen LogP contribution is -2.34. The average molecular weight is 340 g/mol. The standard InChI is InChI=1S/C15H20N2O7/c1-5-24-13-6-10(11(17(21)22)7-12(13)23-4)14(18)16(3)8-9(2)15(19)20/h6-7,9H,5,8H2,1-4H3,(H,19,20). The van der Waals surface area contributed by atoms with Gasteiger partial charge in [-0.15, -0.1) is 0 Å². The Balaban J connectivity index is 3.28. The fourth-order valence-electron chi connectivity index (χ4n) is 2.08. The molecule has 1 unspecified atom stereocenters. The molecule has 0 saturated heterocycles. The molecular weight excluding hydrogens is 320 g/mol. The normalized spacial score (nSPS) is 11.5. The molecule has 1 atom stereocenters. The van der Waals surface area contributed by atoms with Crippen molar-refractivity contribution in [1.29, 1.82) is 0 Å². The summed E-state index contributed by atoms with van der Waals surface area (Å²) in [6.45, 7) is 3.37. The summed E-state index contributed by atoms with van der Waals surface area (Å²) >= 11 is 0. The molecular formula is C15H20N2O7. The zero-order valence-electron chi connectivity index (χ0n) is 13.9. The van der Waals surface area contributed by atoms with E-state index in [4.69, 9.17) is 14.6 Å². The Kier molecular flexibility index (Phi) is 6.51. The van der Waals surface area contributed by atoms with E-state index in [1.54, 1.807) is 6.92 Å². The van der Waals surface area contributed by atoms with Crippen molar-refractivity contribution in [2.75, 3.05) is 27.3 Å². The molecule has 0 fully saturated rings. The fraction of sp³-hybridized carbons (Fsp3) is 0.467. The first-order valence-electron chi connectivity index (χ1n) is 7.20. The lowest BCUT2D eigenvalue weighted by Gasteiger charge is -2.20. The minimum atomic E-state index is -1.06. The Morgan fingerprint density at radius 3 is 2.46 bits per heavy atom. The van der Waals surface area contributed by atoms with E-state index in [0.29, 0.717) is 0 Å². The molecule has 0 aliphatic carbocycles.